The highest BCUT2D eigenvalue weighted by Gasteiger charge is 2.22. The van der Waals surface area contributed by atoms with E-state index < -0.39 is 6.10 Å². The number of hydrogen-bond donors (Lipinski definition) is 2. The van der Waals surface area contributed by atoms with E-state index in [1.54, 1.807) is 11.3 Å². The third-order valence-corrected chi connectivity index (χ3v) is 4.30. The average molecular weight is 289 g/mol. The van der Waals surface area contributed by atoms with Crippen LogP contribution in [0.1, 0.15) is 22.8 Å². The molecule has 0 spiro atoms. The Balaban J connectivity index is 1.47. The number of aliphatic hydroxyl groups is 1. The summed E-state index contributed by atoms with van der Waals surface area (Å²) in [4.78, 5) is 0. The van der Waals surface area contributed by atoms with Gasteiger partial charge in [-0.3, -0.25) is 0 Å². The standard InChI is InChI=1S/C16H19NO2S/c1-11-2-3-16-13(6-11)7-14(19-16)8-17-9-15(18)12-4-5-20-10-12/h2-6,10,14-15,17-18H,7-9H2,1H3. The summed E-state index contributed by atoms with van der Waals surface area (Å²) in [7, 11) is 0. The van der Waals surface area contributed by atoms with Gasteiger partial charge in [0.15, 0.2) is 0 Å². The number of benzene rings is 1. The molecule has 1 aromatic heterocycles. The molecule has 0 fully saturated rings. The van der Waals surface area contributed by atoms with Gasteiger partial charge in [0, 0.05) is 19.5 Å². The molecule has 2 heterocycles. The molecule has 1 aliphatic rings. The predicted molar refractivity (Wildman–Crippen MR) is 81.4 cm³/mol. The lowest BCUT2D eigenvalue weighted by atomic mass is 10.1. The molecule has 106 valence electrons. The van der Waals surface area contributed by atoms with Gasteiger partial charge in [0.2, 0.25) is 0 Å². The number of hydrogen-bond acceptors (Lipinski definition) is 4. The Morgan fingerprint density at radius 3 is 3.15 bits per heavy atom. The van der Waals surface area contributed by atoms with Crippen molar-refractivity contribution in [3.8, 4) is 5.75 Å². The van der Waals surface area contributed by atoms with Crippen LogP contribution in [-0.4, -0.2) is 24.3 Å². The normalized spacial score (nSPS) is 18.6. The fourth-order valence-electron chi connectivity index (χ4n) is 2.53. The molecular formula is C16H19NO2S. The second-order valence-corrected chi connectivity index (χ2v) is 6.07. The minimum absolute atomic E-state index is 0.168. The van der Waals surface area contributed by atoms with E-state index in [0.717, 1.165) is 24.3 Å². The van der Waals surface area contributed by atoms with Crippen LogP contribution in [0.2, 0.25) is 0 Å². The Morgan fingerprint density at radius 2 is 2.35 bits per heavy atom. The van der Waals surface area contributed by atoms with Crippen LogP contribution in [0.15, 0.2) is 35.0 Å². The third kappa shape index (κ3) is 3.03. The zero-order chi connectivity index (χ0) is 13.9. The van der Waals surface area contributed by atoms with Gasteiger partial charge in [0.05, 0.1) is 6.10 Å². The number of rotatable bonds is 5. The maximum Gasteiger partial charge on any atom is 0.123 e. The van der Waals surface area contributed by atoms with Crippen molar-refractivity contribution in [2.24, 2.45) is 0 Å². The molecular weight excluding hydrogens is 270 g/mol. The van der Waals surface area contributed by atoms with Gasteiger partial charge in [0.25, 0.3) is 0 Å². The topological polar surface area (TPSA) is 41.5 Å². The molecule has 2 atom stereocenters. The lowest BCUT2D eigenvalue weighted by Gasteiger charge is -2.14. The van der Waals surface area contributed by atoms with Gasteiger partial charge in [0.1, 0.15) is 11.9 Å². The van der Waals surface area contributed by atoms with Gasteiger partial charge in [-0.05, 0) is 40.9 Å². The summed E-state index contributed by atoms with van der Waals surface area (Å²) >= 11 is 1.61. The summed E-state index contributed by atoms with van der Waals surface area (Å²) in [6.07, 6.45) is 0.673. The number of nitrogens with one attached hydrogen (secondary N) is 1. The minimum Gasteiger partial charge on any atom is -0.488 e. The van der Waals surface area contributed by atoms with E-state index in [-0.39, 0.29) is 6.10 Å². The Hall–Kier alpha value is -1.36. The molecule has 3 rings (SSSR count). The number of ether oxygens (including phenoxy) is 1. The quantitative estimate of drug-likeness (QED) is 0.889. The molecule has 0 bridgehead atoms. The Labute approximate surface area is 123 Å². The molecule has 0 amide bonds. The highest BCUT2D eigenvalue weighted by Crippen LogP contribution is 2.29. The smallest absolute Gasteiger partial charge is 0.123 e. The van der Waals surface area contributed by atoms with Crippen molar-refractivity contribution in [1.82, 2.24) is 5.32 Å². The summed E-state index contributed by atoms with van der Waals surface area (Å²) < 4.78 is 5.89. The van der Waals surface area contributed by atoms with Crippen molar-refractivity contribution in [2.75, 3.05) is 13.1 Å². The second-order valence-electron chi connectivity index (χ2n) is 5.29. The van der Waals surface area contributed by atoms with Crippen LogP contribution >= 0.6 is 11.3 Å². The van der Waals surface area contributed by atoms with E-state index in [9.17, 15) is 5.11 Å². The van der Waals surface area contributed by atoms with Crippen LogP contribution in [0.3, 0.4) is 0 Å². The van der Waals surface area contributed by atoms with Crippen molar-refractivity contribution in [2.45, 2.75) is 25.6 Å². The summed E-state index contributed by atoms with van der Waals surface area (Å²) in [5, 5.41) is 17.3. The number of fused-ring (bicyclic) bond motifs is 1. The molecule has 2 unspecified atom stereocenters. The Bertz CT molecular complexity index is 568. The first kappa shape index (κ1) is 13.6. The molecule has 20 heavy (non-hydrogen) atoms. The van der Waals surface area contributed by atoms with Gasteiger partial charge in [-0.1, -0.05) is 17.7 Å². The lowest BCUT2D eigenvalue weighted by molar-refractivity contribution is 0.164. The van der Waals surface area contributed by atoms with Gasteiger partial charge >= 0.3 is 0 Å². The second kappa shape index (κ2) is 5.95. The van der Waals surface area contributed by atoms with Crippen molar-refractivity contribution < 1.29 is 9.84 Å². The summed E-state index contributed by atoms with van der Waals surface area (Å²) in [6.45, 7) is 3.42. The van der Waals surface area contributed by atoms with Crippen molar-refractivity contribution >= 4 is 11.3 Å². The molecule has 2 N–H and O–H groups in total. The van der Waals surface area contributed by atoms with Crippen LogP contribution in [0.25, 0.3) is 0 Å². The molecule has 0 radical (unpaired) electrons. The van der Waals surface area contributed by atoms with Crippen molar-refractivity contribution in [1.29, 1.82) is 0 Å². The SMILES string of the molecule is Cc1ccc2c(c1)CC(CNCC(O)c1ccsc1)O2. The third-order valence-electron chi connectivity index (χ3n) is 3.59. The number of thiophene rings is 1. The Kier molecular flexibility index (Phi) is 4.05. The first-order valence-corrected chi connectivity index (χ1v) is 7.84. The molecule has 0 saturated carbocycles. The molecule has 3 nitrogen and oxygen atoms in total. The van der Waals surface area contributed by atoms with Crippen LogP contribution in [0.4, 0.5) is 0 Å². The largest absolute Gasteiger partial charge is 0.488 e. The van der Waals surface area contributed by atoms with Gasteiger partial charge in [-0.25, -0.2) is 0 Å². The minimum atomic E-state index is -0.438. The lowest BCUT2D eigenvalue weighted by Crippen LogP contribution is -2.32. The molecule has 1 aliphatic heterocycles. The van der Waals surface area contributed by atoms with E-state index >= 15 is 0 Å². The van der Waals surface area contributed by atoms with Crippen LogP contribution < -0.4 is 10.1 Å². The monoisotopic (exact) mass is 289 g/mol. The first-order valence-electron chi connectivity index (χ1n) is 6.89. The fourth-order valence-corrected chi connectivity index (χ4v) is 3.23. The highest BCUT2D eigenvalue weighted by atomic mass is 32.1. The van der Waals surface area contributed by atoms with Crippen molar-refractivity contribution in [3.63, 3.8) is 0 Å². The van der Waals surface area contributed by atoms with Crippen LogP contribution in [-0.2, 0) is 6.42 Å². The van der Waals surface area contributed by atoms with Crippen molar-refractivity contribution in [3.05, 3.63) is 51.7 Å². The van der Waals surface area contributed by atoms with E-state index in [1.807, 2.05) is 22.9 Å². The van der Waals surface area contributed by atoms with Gasteiger partial charge in [-0.2, -0.15) is 11.3 Å². The fraction of sp³-hybridized carbons (Fsp3) is 0.375. The summed E-state index contributed by atoms with van der Waals surface area (Å²) in [5.41, 5.74) is 3.54. The maximum absolute atomic E-state index is 10.00. The molecule has 4 heteroatoms. The summed E-state index contributed by atoms with van der Waals surface area (Å²) in [5.74, 6) is 1.00. The van der Waals surface area contributed by atoms with Crippen LogP contribution in [0, 0.1) is 6.92 Å². The Morgan fingerprint density at radius 1 is 1.45 bits per heavy atom. The molecule has 0 saturated heterocycles. The highest BCUT2D eigenvalue weighted by molar-refractivity contribution is 7.07. The van der Waals surface area contributed by atoms with Crippen LogP contribution in [0.5, 0.6) is 5.75 Å². The number of aliphatic hydroxyl groups excluding tert-OH is 1. The zero-order valence-electron chi connectivity index (χ0n) is 11.5. The molecule has 2 aromatic rings. The maximum atomic E-state index is 10.00. The average Bonchev–Trinajstić information content (AvgIpc) is 3.06. The van der Waals surface area contributed by atoms with E-state index in [1.165, 1.54) is 11.1 Å². The van der Waals surface area contributed by atoms with Gasteiger partial charge < -0.3 is 15.2 Å². The predicted octanol–water partition coefficient (Wildman–Crippen LogP) is 2.68. The zero-order valence-corrected chi connectivity index (χ0v) is 12.3. The van der Waals surface area contributed by atoms with E-state index in [4.69, 9.17) is 4.74 Å². The summed E-state index contributed by atoms with van der Waals surface area (Å²) in [6, 6.07) is 8.27. The molecule has 1 aromatic carbocycles. The van der Waals surface area contributed by atoms with Gasteiger partial charge in [-0.15, -0.1) is 0 Å². The molecule has 0 aliphatic carbocycles. The van der Waals surface area contributed by atoms with E-state index in [0.29, 0.717) is 6.54 Å². The number of aryl methyl sites for hydroxylation is 1. The van der Waals surface area contributed by atoms with E-state index in [2.05, 4.69) is 24.4 Å². The first-order chi connectivity index (χ1) is 9.72.